The minimum atomic E-state index is -3.72. The lowest BCUT2D eigenvalue weighted by Gasteiger charge is -2.25. The summed E-state index contributed by atoms with van der Waals surface area (Å²) in [7, 11) is -2.07. The highest BCUT2D eigenvalue weighted by atomic mass is 32.2. The third-order valence-electron chi connectivity index (χ3n) is 3.51. The summed E-state index contributed by atoms with van der Waals surface area (Å²) >= 11 is 0. The SMILES string of the molecule is C[C@H](c1ccc(S(N)(=O)=O)cc1)N(C)C(=O)Nc1cccnc1. The number of amides is 2. The molecule has 0 saturated heterocycles. The molecule has 0 spiro atoms. The van der Waals surface area contributed by atoms with Crippen molar-refractivity contribution in [2.45, 2.75) is 17.9 Å². The van der Waals surface area contributed by atoms with E-state index in [1.165, 1.54) is 17.0 Å². The van der Waals surface area contributed by atoms with Gasteiger partial charge in [-0.1, -0.05) is 12.1 Å². The smallest absolute Gasteiger partial charge is 0.321 e. The van der Waals surface area contributed by atoms with Gasteiger partial charge in [0.1, 0.15) is 0 Å². The van der Waals surface area contributed by atoms with Crippen LogP contribution in [0.4, 0.5) is 10.5 Å². The second kappa shape index (κ2) is 6.76. The van der Waals surface area contributed by atoms with Gasteiger partial charge in [0.2, 0.25) is 10.0 Å². The summed E-state index contributed by atoms with van der Waals surface area (Å²) in [6, 6.07) is 9.05. The number of rotatable bonds is 4. The summed E-state index contributed by atoms with van der Waals surface area (Å²) in [4.78, 5) is 17.7. The van der Waals surface area contributed by atoms with E-state index >= 15 is 0 Å². The Balaban J connectivity index is 2.09. The maximum Gasteiger partial charge on any atom is 0.322 e. The summed E-state index contributed by atoms with van der Waals surface area (Å²) in [5.74, 6) is 0. The number of urea groups is 1. The average molecular weight is 334 g/mol. The first-order valence-corrected chi connectivity index (χ1v) is 8.40. The minimum absolute atomic E-state index is 0.0379. The number of primary sulfonamides is 1. The molecular weight excluding hydrogens is 316 g/mol. The van der Waals surface area contributed by atoms with Crippen LogP contribution in [0.2, 0.25) is 0 Å². The number of hydrogen-bond acceptors (Lipinski definition) is 4. The number of hydrogen-bond donors (Lipinski definition) is 2. The summed E-state index contributed by atoms with van der Waals surface area (Å²) < 4.78 is 22.5. The third kappa shape index (κ3) is 4.27. The van der Waals surface area contributed by atoms with Crippen LogP contribution in [-0.2, 0) is 10.0 Å². The first-order chi connectivity index (χ1) is 10.8. The van der Waals surface area contributed by atoms with Crippen molar-refractivity contribution in [2.75, 3.05) is 12.4 Å². The van der Waals surface area contributed by atoms with Gasteiger partial charge in [0.05, 0.1) is 22.8 Å². The van der Waals surface area contributed by atoms with Crippen LogP contribution in [0, 0.1) is 0 Å². The molecule has 0 saturated carbocycles. The van der Waals surface area contributed by atoms with Crippen LogP contribution >= 0.6 is 0 Å². The van der Waals surface area contributed by atoms with E-state index in [-0.39, 0.29) is 17.0 Å². The van der Waals surface area contributed by atoms with Gasteiger partial charge in [0.25, 0.3) is 0 Å². The molecule has 1 atom stereocenters. The van der Waals surface area contributed by atoms with Crippen molar-refractivity contribution in [1.29, 1.82) is 0 Å². The highest BCUT2D eigenvalue weighted by Gasteiger charge is 2.18. The minimum Gasteiger partial charge on any atom is -0.321 e. The van der Waals surface area contributed by atoms with Crippen molar-refractivity contribution >= 4 is 21.7 Å². The number of sulfonamides is 1. The fourth-order valence-electron chi connectivity index (χ4n) is 1.98. The fraction of sp³-hybridized carbons (Fsp3) is 0.200. The van der Waals surface area contributed by atoms with Crippen molar-refractivity contribution in [3.05, 3.63) is 54.4 Å². The maximum atomic E-state index is 12.2. The van der Waals surface area contributed by atoms with Crippen LogP contribution in [0.15, 0.2) is 53.7 Å². The zero-order chi connectivity index (χ0) is 17.0. The number of aromatic nitrogens is 1. The topological polar surface area (TPSA) is 105 Å². The van der Waals surface area contributed by atoms with E-state index in [0.29, 0.717) is 5.69 Å². The molecule has 0 unspecified atom stereocenters. The van der Waals surface area contributed by atoms with E-state index < -0.39 is 10.0 Å². The second-order valence-corrected chi connectivity index (χ2v) is 6.63. The summed E-state index contributed by atoms with van der Waals surface area (Å²) in [5.41, 5.74) is 1.39. The van der Waals surface area contributed by atoms with Gasteiger partial charge in [-0.25, -0.2) is 18.4 Å². The number of carbonyl (C=O) groups excluding carboxylic acids is 1. The molecule has 0 radical (unpaired) electrons. The average Bonchev–Trinajstić information content (AvgIpc) is 2.53. The van der Waals surface area contributed by atoms with E-state index in [0.717, 1.165) is 5.56 Å². The molecule has 0 aliphatic carbocycles. The number of nitrogens with one attached hydrogen (secondary N) is 1. The van der Waals surface area contributed by atoms with Crippen molar-refractivity contribution in [3.8, 4) is 0 Å². The molecule has 8 heteroatoms. The summed E-state index contributed by atoms with van der Waals surface area (Å²) in [5, 5.41) is 7.81. The molecular formula is C15H18N4O3S. The molecule has 1 aromatic carbocycles. The predicted octanol–water partition coefficient (Wildman–Crippen LogP) is 1.95. The number of nitrogens with two attached hydrogens (primary N) is 1. The van der Waals surface area contributed by atoms with Crippen molar-refractivity contribution in [1.82, 2.24) is 9.88 Å². The van der Waals surface area contributed by atoms with Crippen LogP contribution < -0.4 is 10.5 Å². The maximum absolute atomic E-state index is 12.2. The van der Waals surface area contributed by atoms with Gasteiger partial charge < -0.3 is 10.2 Å². The standard InChI is InChI=1S/C15H18N4O3S/c1-11(12-5-7-14(8-6-12)23(16,21)22)19(2)15(20)18-13-4-3-9-17-10-13/h3-11H,1-2H3,(H,18,20)(H2,16,21,22)/t11-/m1/s1. The highest BCUT2D eigenvalue weighted by Crippen LogP contribution is 2.21. The Morgan fingerprint density at radius 2 is 1.91 bits per heavy atom. The zero-order valence-corrected chi connectivity index (χ0v) is 13.6. The summed E-state index contributed by atoms with van der Waals surface area (Å²) in [6.07, 6.45) is 3.17. The largest absolute Gasteiger partial charge is 0.322 e. The molecule has 0 fully saturated rings. The van der Waals surface area contributed by atoms with Crippen molar-refractivity contribution in [2.24, 2.45) is 5.14 Å². The summed E-state index contributed by atoms with van der Waals surface area (Å²) in [6.45, 7) is 1.84. The van der Waals surface area contributed by atoms with E-state index in [4.69, 9.17) is 5.14 Å². The van der Waals surface area contributed by atoms with E-state index in [1.807, 2.05) is 6.92 Å². The Bertz CT molecular complexity index is 776. The molecule has 1 heterocycles. The van der Waals surface area contributed by atoms with E-state index in [2.05, 4.69) is 10.3 Å². The molecule has 23 heavy (non-hydrogen) atoms. The van der Waals surface area contributed by atoms with Crippen LogP contribution in [0.25, 0.3) is 0 Å². The molecule has 0 aliphatic heterocycles. The number of carbonyl (C=O) groups is 1. The Kier molecular flexibility index (Phi) is 4.97. The number of benzene rings is 1. The van der Waals surface area contributed by atoms with Gasteiger partial charge >= 0.3 is 6.03 Å². The zero-order valence-electron chi connectivity index (χ0n) is 12.8. The third-order valence-corrected chi connectivity index (χ3v) is 4.43. The lowest BCUT2D eigenvalue weighted by molar-refractivity contribution is 0.208. The van der Waals surface area contributed by atoms with Gasteiger partial charge in [0.15, 0.2) is 0 Å². The Morgan fingerprint density at radius 3 is 2.43 bits per heavy atom. The van der Waals surface area contributed by atoms with E-state index in [9.17, 15) is 13.2 Å². The Morgan fingerprint density at radius 1 is 1.26 bits per heavy atom. The second-order valence-electron chi connectivity index (χ2n) is 5.07. The molecule has 122 valence electrons. The lowest BCUT2D eigenvalue weighted by atomic mass is 10.1. The molecule has 3 N–H and O–H groups in total. The fourth-order valence-corrected chi connectivity index (χ4v) is 2.50. The Hall–Kier alpha value is -2.45. The first kappa shape index (κ1) is 16.9. The highest BCUT2D eigenvalue weighted by molar-refractivity contribution is 7.89. The molecule has 7 nitrogen and oxygen atoms in total. The van der Waals surface area contributed by atoms with E-state index in [1.54, 1.807) is 43.7 Å². The monoisotopic (exact) mass is 334 g/mol. The number of pyridine rings is 1. The predicted molar refractivity (Wildman–Crippen MR) is 87.2 cm³/mol. The van der Waals surface area contributed by atoms with Crippen molar-refractivity contribution < 1.29 is 13.2 Å². The number of anilines is 1. The Labute approximate surface area is 135 Å². The molecule has 0 bridgehead atoms. The van der Waals surface area contributed by atoms with Crippen LogP contribution in [0.1, 0.15) is 18.5 Å². The molecule has 2 rings (SSSR count). The number of nitrogens with zero attached hydrogens (tertiary/aromatic N) is 2. The molecule has 2 aromatic rings. The van der Waals surface area contributed by atoms with Gasteiger partial charge in [-0.3, -0.25) is 4.98 Å². The molecule has 2 amide bonds. The van der Waals surface area contributed by atoms with Gasteiger partial charge in [0, 0.05) is 13.2 Å². The quantitative estimate of drug-likeness (QED) is 0.891. The van der Waals surface area contributed by atoms with Gasteiger partial charge in [-0.15, -0.1) is 0 Å². The first-order valence-electron chi connectivity index (χ1n) is 6.85. The van der Waals surface area contributed by atoms with Gasteiger partial charge in [-0.05, 0) is 36.8 Å². The van der Waals surface area contributed by atoms with Crippen LogP contribution in [0.3, 0.4) is 0 Å². The van der Waals surface area contributed by atoms with Gasteiger partial charge in [-0.2, -0.15) is 0 Å². The normalized spacial score (nSPS) is 12.5. The van der Waals surface area contributed by atoms with Crippen LogP contribution in [-0.4, -0.2) is 31.4 Å². The van der Waals surface area contributed by atoms with Crippen LogP contribution in [0.5, 0.6) is 0 Å². The molecule has 0 aliphatic rings. The molecule has 1 aromatic heterocycles. The lowest BCUT2D eigenvalue weighted by Crippen LogP contribution is -2.33. The van der Waals surface area contributed by atoms with Crippen molar-refractivity contribution in [3.63, 3.8) is 0 Å².